The van der Waals surface area contributed by atoms with Crippen LogP contribution >= 0.6 is 0 Å². The Balaban J connectivity index is 1.80. The smallest absolute Gasteiger partial charge is 0.192 e. The third-order valence-electron chi connectivity index (χ3n) is 12.6. The molecule has 2 aliphatic rings. The molecule has 2 aromatic carbocycles. The van der Waals surface area contributed by atoms with Gasteiger partial charge in [-0.25, -0.2) is 0 Å². The van der Waals surface area contributed by atoms with Crippen LogP contribution < -0.4 is 9.47 Å². The van der Waals surface area contributed by atoms with Crippen molar-refractivity contribution in [3.8, 4) is 11.5 Å². The summed E-state index contributed by atoms with van der Waals surface area (Å²) in [4.78, 5) is 0. The van der Waals surface area contributed by atoms with Crippen LogP contribution in [-0.2, 0) is 41.0 Å². The molecule has 2 fully saturated rings. The Morgan fingerprint density at radius 2 is 0.927 bits per heavy atom. The summed E-state index contributed by atoms with van der Waals surface area (Å²) in [5, 5.41) is 20.0. The second-order valence-corrected chi connectivity index (χ2v) is 28.2. The number of methoxy groups -OCH3 is 2. The molecule has 0 spiro atoms. The van der Waals surface area contributed by atoms with Gasteiger partial charge in [-0.05, 0) is 71.7 Å². The molecule has 10 nitrogen and oxygen atoms in total. The number of aliphatic hydroxyl groups excluding tert-OH is 2. The number of ether oxygens (including phenoxy) is 6. The van der Waals surface area contributed by atoms with E-state index in [0.717, 1.165) is 22.6 Å². The zero-order chi connectivity index (χ0) is 40.9. The maximum atomic E-state index is 10.1. The molecule has 4 rings (SSSR count). The molecular weight excluding hydrogens is 733 g/mol. The molecule has 2 aliphatic heterocycles. The highest BCUT2D eigenvalue weighted by molar-refractivity contribution is 6.74. The van der Waals surface area contributed by atoms with E-state index in [-0.39, 0.29) is 59.5 Å². The highest BCUT2D eigenvalue weighted by Gasteiger charge is 2.53. The Labute approximate surface area is 333 Å². The molecule has 2 N–H and O–H groups in total. The van der Waals surface area contributed by atoms with Crippen LogP contribution in [0.1, 0.15) is 72.9 Å². The van der Waals surface area contributed by atoms with E-state index in [2.05, 4.69) is 81.6 Å². The molecule has 0 aromatic heterocycles. The summed E-state index contributed by atoms with van der Waals surface area (Å²) in [6.45, 7) is 27.6. The Morgan fingerprint density at radius 3 is 1.18 bits per heavy atom. The lowest BCUT2D eigenvalue weighted by atomic mass is 9.87. The summed E-state index contributed by atoms with van der Waals surface area (Å²) in [6.07, 6.45) is -1.91. The summed E-state index contributed by atoms with van der Waals surface area (Å²) >= 11 is 0. The number of aliphatic hydroxyl groups is 2. The first-order valence-corrected chi connectivity index (χ1v) is 25.8. The fourth-order valence-electron chi connectivity index (χ4n) is 6.77. The normalized spacial score (nSPS) is 23.7. The molecule has 1 unspecified atom stereocenters. The maximum absolute atomic E-state index is 10.1. The third-order valence-corrected chi connectivity index (χ3v) is 21.6. The minimum atomic E-state index is -2.41. The molecule has 10 atom stereocenters. The zero-order valence-corrected chi connectivity index (χ0v) is 38.1. The third kappa shape index (κ3) is 12.1. The van der Waals surface area contributed by atoms with Gasteiger partial charge in [0.1, 0.15) is 23.7 Å². The number of hydrogen-bond donors (Lipinski definition) is 2. The average Bonchev–Trinajstić information content (AvgIpc) is 4.06. The van der Waals surface area contributed by atoms with Crippen LogP contribution in [0.2, 0.25) is 36.3 Å². The minimum absolute atomic E-state index is 0.0444. The van der Waals surface area contributed by atoms with Crippen molar-refractivity contribution in [3.05, 3.63) is 59.7 Å². The molecule has 55 heavy (non-hydrogen) atoms. The van der Waals surface area contributed by atoms with E-state index in [0.29, 0.717) is 19.6 Å². The van der Waals surface area contributed by atoms with Crippen molar-refractivity contribution < 1.29 is 47.5 Å². The van der Waals surface area contributed by atoms with Crippen molar-refractivity contribution in [1.82, 2.24) is 0 Å². The van der Waals surface area contributed by atoms with Crippen molar-refractivity contribution in [1.29, 1.82) is 0 Å². The zero-order valence-electron chi connectivity index (χ0n) is 36.1. The summed E-state index contributed by atoms with van der Waals surface area (Å²) in [6, 6.07) is 15.9. The first kappa shape index (κ1) is 45.9. The highest BCUT2D eigenvalue weighted by Crippen LogP contribution is 2.45. The summed E-state index contributed by atoms with van der Waals surface area (Å²) in [5.41, 5.74) is 2.03. The van der Waals surface area contributed by atoms with E-state index in [1.807, 2.05) is 48.5 Å². The second kappa shape index (κ2) is 18.8. The monoisotopic (exact) mass is 804 g/mol. The number of epoxide rings is 2. The van der Waals surface area contributed by atoms with E-state index in [1.54, 1.807) is 14.2 Å². The van der Waals surface area contributed by atoms with Gasteiger partial charge < -0.3 is 47.5 Å². The molecule has 12 heteroatoms. The van der Waals surface area contributed by atoms with Crippen LogP contribution in [0.4, 0.5) is 0 Å². The van der Waals surface area contributed by atoms with Gasteiger partial charge in [0, 0.05) is 18.3 Å². The van der Waals surface area contributed by atoms with Gasteiger partial charge in [0.25, 0.3) is 0 Å². The molecule has 0 saturated carbocycles. The first-order valence-electron chi connectivity index (χ1n) is 20.0. The molecule has 0 amide bonds. The van der Waals surface area contributed by atoms with E-state index in [9.17, 15) is 10.2 Å². The molecule has 2 heterocycles. The van der Waals surface area contributed by atoms with Crippen LogP contribution in [0.3, 0.4) is 0 Å². The molecule has 2 saturated heterocycles. The Bertz CT molecular complexity index is 1350. The number of rotatable bonds is 22. The SMILES string of the molecule is COc1ccc(CO[C@@H]([C@@H](C)[C@@H]2O[C@@H]2CO)[C@@H](C[C@H](O[Si](C)(C)C(C)(C)C)[C@H](OCc2ccc(OC)cc2)C(C)[C@H]2O[C@H]2CO)O[Si](C)(C)C(C)(C)C)cc1. The van der Waals surface area contributed by atoms with Crippen molar-refractivity contribution in [2.45, 2.75) is 160 Å². The van der Waals surface area contributed by atoms with Gasteiger partial charge in [-0.15, -0.1) is 0 Å². The summed E-state index contributed by atoms with van der Waals surface area (Å²) in [7, 11) is -1.49. The molecular formula is C43H72O10Si2. The summed E-state index contributed by atoms with van der Waals surface area (Å²) in [5.74, 6) is 1.38. The predicted molar refractivity (Wildman–Crippen MR) is 222 cm³/mol. The fraction of sp³-hybridized carbons (Fsp3) is 0.721. The van der Waals surface area contributed by atoms with E-state index >= 15 is 0 Å². The van der Waals surface area contributed by atoms with Crippen LogP contribution in [0.15, 0.2) is 48.5 Å². The van der Waals surface area contributed by atoms with Crippen LogP contribution in [-0.4, -0.2) is 103 Å². The van der Waals surface area contributed by atoms with E-state index in [1.165, 1.54) is 0 Å². The van der Waals surface area contributed by atoms with Gasteiger partial charge in [-0.2, -0.15) is 0 Å². The van der Waals surface area contributed by atoms with E-state index < -0.39 is 41.1 Å². The van der Waals surface area contributed by atoms with Crippen molar-refractivity contribution in [3.63, 3.8) is 0 Å². The molecule has 2 aromatic rings. The quantitative estimate of drug-likeness (QED) is 0.0892. The Kier molecular flexibility index (Phi) is 15.7. The molecule has 0 bridgehead atoms. The van der Waals surface area contributed by atoms with Gasteiger partial charge in [-0.1, -0.05) is 79.7 Å². The molecule has 312 valence electrons. The highest BCUT2D eigenvalue weighted by atomic mass is 28.4. The predicted octanol–water partition coefficient (Wildman–Crippen LogP) is 8.14. The lowest BCUT2D eigenvalue weighted by molar-refractivity contribution is -0.115. The lowest BCUT2D eigenvalue weighted by Crippen LogP contribution is -2.55. The van der Waals surface area contributed by atoms with Gasteiger partial charge in [0.15, 0.2) is 16.6 Å². The van der Waals surface area contributed by atoms with Gasteiger partial charge in [0.05, 0.1) is 77.3 Å². The largest absolute Gasteiger partial charge is 0.497 e. The number of hydrogen-bond acceptors (Lipinski definition) is 10. The topological polar surface area (TPSA) is 121 Å². The van der Waals surface area contributed by atoms with Crippen molar-refractivity contribution >= 4 is 16.6 Å². The summed E-state index contributed by atoms with van der Waals surface area (Å²) < 4.78 is 51.9. The van der Waals surface area contributed by atoms with Gasteiger partial charge >= 0.3 is 0 Å². The minimum Gasteiger partial charge on any atom is -0.497 e. The van der Waals surface area contributed by atoms with E-state index in [4.69, 9.17) is 37.3 Å². The fourth-order valence-corrected chi connectivity index (χ4v) is 9.45. The molecule has 0 aliphatic carbocycles. The van der Waals surface area contributed by atoms with Crippen LogP contribution in [0.25, 0.3) is 0 Å². The van der Waals surface area contributed by atoms with Crippen molar-refractivity contribution in [2.24, 2.45) is 11.8 Å². The Hall–Kier alpha value is -1.85. The average molecular weight is 805 g/mol. The van der Waals surface area contributed by atoms with Crippen LogP contribution in [0, 0.1) is 11.8 Å². The van der Waals surface area contributed by atoms with Gasteiger partial charge in [0.2, 0.25) is 0 Å². The van der Waals surface area contributed by atoms with Crippen LogP contribution in [0.5, 0.6) is 11.5 Å². The lowest BCUT2D eigenvalue weighted by Gasteiger charge is -2.47. The van der Waals surface area contributed by atoms with Gasteiger partial charge in [-0.3, -0.25) is 0 Å². The van der Waals surface area contributed by atoms with Crippen molar-refractivity contribution in [2.75, 3.05) is 27.4 Å². The first-order chi connectivity index (χ1) is 25.7. The number of benzene rings is 2. The standard InChI is InChI=1S/C43H72O10Si2/c1-28(40-36(24-44)50-40)38(48-26-30-15-19-32(46-9)20-16-30)34(52-54(11,12)42(3,4)5)23-35(53-55(13,14)43(6,7)8)39(29(2)41-37(25-45)51-41)49-27-31-17-21-33(47-10)22-18-31/h15-22,28-29,34-41,44-45H,23-27H2,1-14H3/t28-,29?,34-,35+,36-,37+,38+,39-,40+,41-/m1/s1. The maximum Gasteiger partial charge on any atom is 0.192 e. The molecule has 0 radical (unpaired) electrons. The Morgan fingerprint density at radius 1 is 0.600 bits per heavy atom. The second-order valence-electron chi connectivity index (χ2n) is 18.7.